The van der Waals surface area contributed by atoms with E-state index in [0.29, 0.717) is 22.3 Å². The quantitative estimate of drug-likeness (QED) is 0.442. The maximum atomic E-state index is 13.1. The molecular weight excluding hydrogens is 380 g/mol. The Bertz CT molecular complexity index is 1170. The third-order valence-electron chi connectivity index (χ3n) is 4.36. The zero-order valence-corrected chi connectivity index (χ0v) is 15.8. The zero-order chi connectivity index (χ0) is 17.7. The molecule has 1 unspecified atom stereocenters. The maximum Gasteiger partial charge on any atom is 0.197 e. The molecule has 0 bridgehead atoms. The molecule has 4 aromatic rings. The summed E-state index contributed by atoms with van der Waals surface area (Å²) in [5.41, 5.74) is 4.09. The van der Waals surface area contributed by atoms with Crippen LogP contribution in [0, 0.1) is 6.92 Å². The monoisotopic (exact) mass is 396 g/mol. The van der Waals surface area contributed by atoms with Crippen LogP contribution in [0.25, 0.3) is 33.2 Å². The molecule has 2 heterocycles. The van der Waals surface area contributed by atoms with Crippen molar-refractivity contribution in [1.82, 2.24) is 9.78 Å². The highest BCUT2D eigenvalue weighted by atomic mass is 79.9. The van der Waals surface area contributed by atoms with Crippen LogP contribution in [0.3, 0.4) is 0 Å². The number of fused-ring (bicyclic) bond motifs is 2. The molecule has 25 heavy (non-hydrogen) atoms. The van der Waals surface area contributed by atoms with Crippen LogP contribution in [0.5, 0.6) is 0 Å². The molecular formula is C20H17BrN2O2. The fraction of sp³-hybridized carbons (Fsp3) is 0.200. The number of hydrogen-bond donors (Lipinski definition) is 0. The first-order chi connectivity index (χ1) is 11.9. The van der Waals surface area contributed by atoms with Crippen molar-refractivity contribution in [2.75, 3.05) is 0 Å². The molecule has 1 atom stereocenters. The Morgan fingerprint density at radius 1 is 1.20 bits per heavy atom. The second-order valence-electron chi connectivity index (χ2n) is 6.37. The van der Waals surface area contributed by atoms with Crippen LogP contribution in [-0.4, -0.2) is 9.78 Å². The Labute approximate surface area is 153 Å². The highest BCUT2D eigenvalue weighted by molar-refractivity contribution is 9.09. The number of aryl methyl sites for hydroxylation is 2. The summed E-state index contributed by atoms with van der Waals surface area (Å²) < 4.78 is 7.95. The predicted molar refractivity (Wildman–Crippen MR) is 104 cm³/mol. The molecule has 2 aromatic heterocycles. The average Bonchev–Trinajstić information content (AvgIpc) is 2.94. The molecule has 0 amide bonds. The third-order valence-corrected chi connectivity index (χ3v) is 4.82. The van der Waals surface area contributed by atoms with Crippen LogP contribution in [0.2, 0.25) is 0 Å². The molecule has 2 aromatic carbocycles. The molecule has 0 fully saturated rings. The van der Waals surface area contributed by atoms with E-state index in [1.54, 1.807) is 4.68 Å². The second-order valence-corrected chi connectivity index (χ2v) is 7.74. The number of nitrogens with zero attached hydrogens (tertiary/aromatic N) is 2. The largest absolute Gasteiger partial charge is 0.455 e. The molecule has 4 nitrogen and oxygen atoms in total. The number of aromatic nitrogens is 2. The molecule has 0 aliphatic heterocycles. The molecule has 5 heteroatoms. The molecule has 0 spiro atoms. The van der Waals surface area contributed by atoms with Gasteiger partial charge in [-0.3, -0.25) is 9.48 Å². The summed E-state index contributed by atoms with van der Waals surface area (Å²) in [7, 11) is 1.89. The van der Waals surface area contributed by atoms with E-state index < -0.39 is 0 Å². The van der Waals surface area contributed by atoms with E-state index in [4.69, 9.17) is 4.42 Å². The Hall–Kier alpha value is -2.40. The minimum atomic E-state index is -0.117. The highest BCUT2D eigenvalue weighted by Gasteiger charge is 2.20. The first-order valence-electron chi connectivity index (χ1n) is 8.09. The molecule has 0 radical (unpaired) electrons. The summed E-state index contributed by atoms with van der Waals surface area (Å²) in [6.45, 7) is 3.92. The topological polar surface area (TPSA) is 48.0 Å². The van der Waals surface area contributed by atoms with Crippen molar-refractivity contribution in [3.8, 4) is 11.3 Å². The maximum absolute atomic E-state index is 13.1. The number of alkyl halides is 1. The van der Waals surface area contributed by atoms with E-state index in [-0.39, 0.29) is 10.3 Å². The van der Waals surface area contributed by atoms with Gasteiger partial charge >= 0.3 is 0 Å². The van der Waals surface area contributed by atoms with Gasteiger partial charge in [0.2, 0.25) is 0 Å². The minimum Gasteiger partial charge on any atom is -0.455 e. The standard InChI is InChI=1S/C20H17BrN2O2/c1-11-4-7-17-15(8-11)19(24)18(12(2)21)20(25-17)13-5-6-16-14(9-13)10-23(3)22-16/h4-10,12H,1-3H3. The minimum absolute atomic E-state index is 0.00982. The van der Waals surface area contributed by atoms with Crippen molar-refractivity contribution in [3.63, 3.8) is 0 Å². The van der Waals surface area contributed by atoms with Crippen molar-refractivity contribution in [2.24, 2.45) is 7.05 Å². The Kier molecular flexibility index (Phi) is 3.76. The summed E-state index contributed by atoms with van der Waals surface area (Å²) >= 11 is 3.56. The van der Waals surface area contributed by atoms with E-state index in [1.807, 2.05) is 63.5 Å². The van der Waals surface area contributed by atoms with Gasteiger partial charge in [-0.25, -0.2) is 0 Å². The summed E-state index contributed by atoms with van der Waals surface area (Å²) in [6, 6.07) is 11.6. The van der Waals surface area contributed by atoms with Crippen LogP contribution in [0.15, 0.2) is 51.8 Å². The molecule has 0 saturated heterocycles. The lowest BCUT2D eigenvalue weighted by atomic mass is 10.0. The molecule has 0 aliphatic rings. The van der Waals surface area contributed by atoms with Gasteiger partial charge in [0.05, 0.1) is 16.5 Å². The van der Waals surface area contributed by atoms with E-state index in [9.17, 15) is 4.79 Å². The van der Waals surface area contributed by atoms with Gasteiger partial charge in [0, 0.05) is 29.0 Å². The van der Waals surface area contributed by atoms with Gasteiger partial charge in [0.25, 0.3) is 0 Å². The number of halogens is 1. The lowest BCUT2D eigenvalue weighted by Crippen LogP contribution is -2.11. The van der Waals surface area contributed by atoms with Gasteiger partial charge in [-0.1, -0.05) is 27.6 Å². The van der Waals surface area contributed by atoms with Crippen molar-refractivity contribution in [1.29, 1.82) is 0 Å². The van der Waals surface area contributed by atoms with Gasteiger partial charge in [0.15, 0.2) is 5.43 Å². The van der Waals surface area contributed by atoms with E-state index >= 15 is 0 Å². The summed E-state index contributed by atoms with van der Waals surface area (Å²) in [5.74, 6) is 0.608. The van der Waals surface area contributed by atoms with E-state index in [1.165, 1.54) is 0 Å². The second kappa shape index (κ2) is 5.85. The Balaban J connectivity index is 2.06. The van der Waals surface area contributed by atoms with Crippen LogP contribution < -0.4 is 5.43 Å². The van der Waals surface area contributed by atoms with Gasteiger partial charge in [-0.2, -0.15) is 5.10 Å². The number of benzene rings is 2. The Morgan fingerprint density at radius 3 is 2.76 bits per heavy atom. The lowest BCUT2D eigenvalue weighted by molar-refractivity contribution is 0.610. The van der Waals surface area contributed by atoms with Crippen LogP contribution in [0.1, 0.15) is 22.9 Å². The Morgan fingerprint density at radius 2 is 2.00 bits per heavy atom. The molecule has 0 aliphatic carbocycles. The first-order valence-corrected chi connectivity index (χ1v) is 9.01. The van der Waals surface area contributed by atoms with Crippen LogP contribution in [-0.2, 0) is 7.05 Å². The first kappa shape index (κ1) is 16.1. The van der Waals surface area contributed by atoms with Gasteiger partial charge in [0.1, 0.15) is 11.3 Å². The molecule has 0 saturated carbocycles. The summed E-state index contributed by atoms with van der Waals surface area (Å²) in [4.78, 5) is 13.0. The fourth-order valence-electron chi connectivity index (χ4n) is 3.19. The number of hydrogen-bond acceptors (Lipinski definition) is 3. The van der Waals surface area contributed by atoms with E-state index in [0.717, 1.165) is 22.0 Å². The highest BCUT2D eigenvalue weighted by Crippen LogP contribution is 2.34. The van der Waals surface area contributed by atoms with Crippen molar-refractivity contribution < 1.29 is 4.42 Å². The SMILES string of the molecule is Cc1ccc2oc(-c3ccc4nn(C)cc4c3)c(C(C)Br)c(=O)c2c1. The summed E-state index contributed by atoms with van der Waals surface area (Å²) in [6.07, 6.45) is 1.96. The normalized spacial score (nSPS) is 12.8. The van der Waals surface area contributed by atoms with Gasteiger partial charge in [-0.15, -0.1) is 0 Å². The zero-order valence-electron chi connectivity index (χ0n) is 14.2. The van der Waals surface area contributed by atoms with Crippen LogP contribution in [0.4, 0.5) is 0 Å². The van der Waals surface area contributed by atoms with Crippen LogP contribution >= 0.6 is 15.9 Å². The van der Waals surface area contributed by atoms with Crippen molar-refractivity contribution >= 4 is 37.8 Å². The fourth-order valence-corrected chi connectivity index (χ4v) is 3.61. The summed E-state index contributed by atoms with van der Waals surface area (Å²) in [5, 5.41) is 6.03. The lowest BCUT2D eigenvalue weighted by Gasteiger charge is -2.12. The van der Waals surface area contributed by atoms with E-state index in [2.05, 4.69) is 21.0 Å². The van der Waals surface area contributed by atoms with Crippen molar-refractivity contribution in [2.45, 2.75) is 18.7 Å². The van der Waals surface area contributed by atoms with Gasteiger partial charge in [-0.05, 0) is 44.2 Å². The van der Waals surface area contributed by atoms with Gasteiger partial charge < -0.3 is 4.42 Å². The van der Waals surface area contributed by atoms with Crippen molar-refractivity contribution in [3.05, 3.63) is 63.9 Å². The smallest absolute Gasteiger partial charge is 0.197 e. The predicted octanol–water partition coefficient (Wildman–Crippen LogP) is 5.11. The molecule has 4 rings (SSSR count). The average molecular weight is 397 g/mol. The molecule has 0 N–H and O–H groups in total. The molecule has 126 valence electrons. The number of rotatable bonds is 2. The third kappa shape index (κ3) is 2.68.